The van der Waals surface area contributed by atoms with Crippen molar-refractivity contribution in [2.24, 2.45) is 5.92 Å². The van der Waals surface area contributed by atoms with Gasteiger partial charge in [-0.05, 0) is 23.6 Å². The van der Waals surface area contributed by atoms with Crippen LogP contribution >= 0.6 is 0 Å². The molecule has 2 rings (SSSR count). The smallest absolute Gasteiger partial charge is 0.243 e. The number of benzene rings is 1. The Morgan fingerprint density at radius 2 is 2.14 bits per heavy atom. The van der Waals surface area contributed by atoms with Crippen LogP contribution < -0.4 is 14.8 Å². The largest absolute Gasteiger partial charge is 0.454 e. The second-order valence-corrected chi connectivity index (χ2v) is 5.09. The molecule has 4 nitrogen and oxygen atoms in total. The van der Waals surface area contributed by atoms with Gasteiger partial charge in [-0.15, -0.1) is 0 Å². The summed E-state index contributed by atoms with van der Waals surface area (Å²) in [6.07, 6.45) is 8.08. The fourth-order valence-corrected chi connectivity index (χ4v) is 1.80. The molecule has 0 spiro atoms. The van der Waals surface area contributed by atoms with Gasteiger partial charge in [-0.3, -0.25) is 4.79 Å². The van der Waals surface area contributed by atoms with Crippen LogP contribution in [-0.4, -0.2) is 19.2 Å². The minimum atomic E-state index is -0.0642. The van der Waals surface area contributed by atoms with E-state index in [-0.39, 0.29) is 12.7 Å². The van der Waals surface area contributed by atoms with Crippen molar-refractivity contribution in [1.82, 2.24) is 5.32 Å². The average molecular weight is 287 g/mol. The average Bonchev–Trinajstić information content (AvgIpc) is 2.96. The molecular formula is C17H21NO3. The van der Waals surface area contributed by atoms with Gasteiger partial charge in [0.25, 0.3) is 0 Å². The topological polar surface area (TPSA) is 47.6 Å². The summed E-state index contributed by atoms with van der Waals surface area (Å²) in [7, 11) is 0. The molecule has 1 aliphatic rings. The van der Waals surface area contributed by atoms with Crippen molar-refractivity contribution in [2.75, 3.05) is 13.3 Å². The summed E-state index contributed by atoms with van der Waals surface area (Å²) in [6.45, 7) is 5.22. The second kappa shape index (κ2) is 7.53. The zero-order valence-electron chi connectivity index (χ0n) is 12.5. The molecule has 0 saturated carbocycles. The van der Waals surface area contributed by atoms with Crippen LogP contribution in [0.5, 0.6) is 11.5 Å². The molecule has 0 aliphatic carbocycles. The molecule has 1 unspecified atom stereocenters. The molecule has 1 aromatic carbocycles. The van der Waals surface area contributed by atoms with Gasteiger partial charge in [-0.1, -0.05) is 44.6 Å². The molecular weight excluding hydrogens is 266 g/mol. The molecule has 21 heavy (non-hydrogen) atoms. The van der Waals surface area contributed by atoms with E-state index in [1.807, 2.05) is 30.4 Å². The molecule has 4 heteroatoms. The van der Waals surface area contributed by atoms with Crippen LogP contribution in [0.25, 0.3) is 6.08 Å². The first-order chi connectivity index (χ1) is 10.2. The number of amides is 1. The highest BCUT2D eigenvalue weighted by Gasteiger charge is 2.11. The van der Waals surface area contributed by atoms with Gasteiger partial charge in [0, 0.05) is 12.6 Å². The van der Waals surface area contributed by atoms with Crippen LogP contribution in [0.4, 0.5) is 0 Å². The first kappa shape index (κ1) is 15.2. The highest BCUT2D eigenvalue weighted by atomic mass is 16.7. The minimum absolute atomic E-state index is 0.0642. The van der Waals surface area contributed by atoms with Crippen LogP contribution in [0.3, 0.4) is 0 Å². The van der Waals surface area contributed by atoms with Crippen molar-refractivity contribution in [3.63, 3.8) is 0 Å². The van der Waals surface area contributed by atoms with E-state index in [0.717, 1.165) is 23.5 Å². The van der Waals surface area contributed by atoms with Crippen LogP contribution in [0, 0.1) is 5.92 Å². The van der Waals surface area contributed by atoms with Crippen molar-refractivity contribution < 1.29 is 14.3 Å². The van der Waals surface area contributed by atoms with Gasteiger partial charge in [-0.25, -0.2) is 0 Å². The highest BCUT2D eigenvalue weighted by Crippen LogP contribution is 2.32. The van der Waals surface area contributed by atoms with Gasteiger partial charge in [0.1, 0.15) is 0 Å². The third kappa shape index (κ3) is 4.67. The fraction of sp³-hybridized carbons (Fsp3) is 0.353. The van der Waals surface area contributed by atoms with E-state index in [4.69, 9.17) is 9.47 Å². The first-order valence-corrected chi connectivity index (χ1v) is 7.21. The molecule has 0 saturated heterocycles. The van der Waals surface area contributed by atoms with Crippen LogP contribution in [0.2, 0.25) is 0 Å². The van der Waals surface area contributed by atoms with Gasteiger partial charge in [0.15, 0.2) is 11.5 Å². The Hall–Kier alpha value is -2.23. The summed E-state index contributed by atoms with van der Waals surface area (Å²) in [5.41, 5.74) is 1.00. The Bertz CT molecular complexity index is 549. The number of fused-ring (bicyclic) bond motifs is 1. The zero-order chi connectivity index (χ0) is 15.1. The summed E-state index contributed by atoms with van der Waals surface area (Å²) in [5.74, 6) is 1.97. The predicted molar refractivity (Wildman–Crippen MR) is 83.2 cm³/mol. The summed E-state index contributed by atoms with van der Waals surface area (Å²) < 4.78 is 10.6. The van der Waals surface area contributed by atoms with E-state index in [2.05, 4.69) is 19.2 Å². The minimum Gasteiger partial charge on any atom is -0.454 e. The quantitative estimate of drug-likeness (QED) is 0.646. The molecule has 112 valence electrons. The van der Waals surface area contributed by atoms with Crippen molar-refractivity contribution >= 4 is 12.0 Å². The van der Waals surface area contributed by atoms with Gasteiger partial charge >= 0.3 is 0 Å². The lowest BCUT2D eigenvalue weighted by Gasteiger charge is -2.07. The van der Waals surface area contributed by atoms with Gasteiger partial charge in [-0.2, -0.15) is 0 Å². The first-order valence-electron chi connectivity index (χ1n) is 7.21. The number of carbonyl (C=O) groups excluding carboxylic acids is 1. The maximum absolute atomic E-state index is 11.6. The lowest BCUT2D eigenvalue weighted by Crippen LogP contribution is -2.26. The van der Waals surface area contributed by atoms with E-state index in [1.54, 1.807) is 6.08 Å². The highest BCUT2D eigenvalue weighted by molar-refractivity contribution is 5.87. The lowest BCUT2D eigenvalue weighted by atomic mass is 10.1. The molecule has 0 aromatic heterocycles. The third-order valence-electron chi connectivity index (χ3n) is 3.37. The predicted octanol–water partition coefficient (Wildman–Crippen LogP) is 3.15. The maximum Gasteiger partial charge on any atom is 0.243 e. The maximum atomic E-state index is 11.6. The van der Waals surface area contributed by atoms with E-state index >= 15 is 0 Å². The Labute approximate surface area is 125 Å². The molecule has 1 atom stereocenters. The monoisotopic (exact) mass is 287 g/mol. The third-order valence-corrected chi connectivity index (χ3v) is 3.37. The number of ether oxygens (including phenoxy) is 2. The van der Waals surface area contributed by atoms with Crippen molar-refractivity contribution in [3.8, 4) is 11.5 Å². The Morgan fingerprint density at radius 3 is 2.95 bits per heavy atom. The van der Waals surface area contributed by atoms with E-state index in [9.17, 15) is 4.79 Å². The van der Waals surface area contributed by atoms with Gasteiger partial charge in [0.05, 0.1) is 0 Å². The van der Waals surface area contributed by atoms with E-state index in [0.29, 0.717) is 12.5 Å². The number of nitrogens with one attached hydrogen (secondary N) is 1. The molecule has 1 aliphatic heterocycles. The SMILES string of the molecule is CCC(C)CNC(=O)/C=C/C=C/c1ccc2c(c1)OCO2. The zero-order valence-corrected chi connectivity index (χ0v) is 12.5. The van der Waals surface area contributed by atoms with Crippen molar-refractivity contribution in [3.05, 3.63) is 42.0 Å². The van der Waals surface area contributed by atoms with E-state index in [1.165, 1.54) is 6.08 Å². The van der Waals surface area contributed by atoms with Crippen LogP contribution in [0.1, 0.15) is 25.8 Å². The molecule has 1 N–H and O–H groups in total. The van der Waals surface area contributed by atoms with Crippen molar-refractivity contribution in [2.45, 2.75) is 20.3 Å². The van der Waals surface area contributed by atoms with Crippen LogP contribution in [0.15, 0.2) is 36.4 Å². The second-order valence-electron chi connectivity index (χ2n) is 5.09. The number of hydrogen-bond acceptors (Lipinski definition) is 3. The molecule has 0 radical (unpaired) electrons. The normalized spacial score (nSPS) is 14.8. The Morgan fingerprint density at radius 1 is 1.33 bits per heavy atom. The molecule has 1 heterocycles. The summed E-state index contributed by atoms with van der Waals surface area (Å²) in [4.78, 5) is 11.6. The Balaban J connectivity index is 1.81. The van der Waals surface area contributed by atoms with Gasteiger partial charge in [0.2, 0.25) is 12.7 Å². The standard InChI is InChI=1S/C17H21NO3/c1-3-13(2)11-18-17(19)7-5-4-6-14-8-9-15-16(10-14)21-12-20-15/h4-10,13H,3,11-12H2,1-2H3,(H,18,19)/b6-4+,7-5+. The molecule has 0 bridgehead atoms. The van der Waals surface area contributed by atoms with Crippen molar-refractivity contribution in [1.29, 1.82) is 0 Å². The number of allylic oxidation sites excluding steroid dienone is 2. The number of hydrogen-bond donors (Lipinski definition) is 1. The summed E-state index contributed by atoms with van der Waals surface area (Å²) >= 11 is 0. The lowest BCUT2D eigenvalue weighted by molar-refractivity contribution is -0.116. The Kier molecular flexibility index (Phi) is 5.43. The summed E-state index contributed by atoms with van der Waals surface area (Å²) in [6, 6.07) is 5.74. The fourth-order valence-electron chi connectivity index (χ4n) is 1.80. The molecule has 1 amide bonds. The number of rotatable bonds is 6. The summed E-state index contributed by atoms with van der Waals surface area (Å²) in [5, 5.41) is 2.87. The van der Waals surface area contributed by atoms with Crippen LogP contribution in [-0.2, 0) is 4.79 Å². The molecule has 0 fully saturated rings. The van der Waals surface area contributed by atoms with Gasteiger partial charge < -0.3 is 14.8 Å². The number of carbonyl (C=O) groups is 1. The van der Waals surface area contributed by atoms with E-state index < -0.39 is 0 Å². The molecule has 1 aromatic rings.